The highest BCUT2D eigenvalue weighted by molar-refractivity contribution is 7.80. The summed E-state index contributed by atoms with van der Waals surface area (Å²) >= 11 is 0. The van der Waals surface area contributed by atoms with Crippen molar-refractivity contribution in [2.24, 2.45) is 28.6 Å². The van der Waals surface area contributed by atoms with E-state index in [0.717, 1.165) is 37.7 Å². The Morgan fingerprint density at radius 1 is 1.09 bits per heavy atom. The molecule has 1 aromatic rings. The molecule has 4 saturated carbocycles. The first-order chi connectivity index (χ1) is 15.5. The van der Waals surface area contributed by atoms with E-state index in [4.69, 9.17) is 17.9 Å². The maximum atomic E-state index is 11.5. The number of ether oxygens (including phenoxy) is 1. The second-order valence-corrected chi connectivity index (χ2v) is 12.6. The number of aliphatic hydroxyl groups is 1. The Morgan fingerprint density at radius 2 is 1.88 bits per heavy atom. The molecule has 6 rings (SSSR count). The average Bonchev–Trinajstić information content (AvgIpc) is 3.45. The van der Waals surface area contributed by atoms with E-state index in [9.17, 15) is 18.3 Å². The standard InChI is InChI=1S/C24H32O8S/c1-22-9-7-15(32-33(27,28)29)11-14(22)4-5-17-16(22)8-10-23(2)19(13-3-6-18(25)30-12-13)20(26)21-24(17,23)31-21/h3,6,12,14-17,19-21,26H,4-5,7-11H2,1-2H3,(H,27,28,29). The van der Waals surface area contributed by atoms with Crippen molar-refractivity contribution >= 4 is 10.4 Å². The first-order valence-corrected chi connectivity index (χ1v) is 13.5. The zero-order valence-corrected chi connectivity index (χ0v) is 19.8. The van der Waals surface area contributed by atoms with E-state index in [1.807, 2.05) is 0 Å². The van der Waals surface area contributed by atoms with Gasteiger partial charge >= 0.3 is 16.0 Å². The summed E-state index contributed by atoms with van der Waals surface area (Å²) in [5.41, 5.74) is -0.0903. The molecule has 2 heterocycles. The predicted molar refractivity (Wildman–Crippen MR) is 117 cm³/mol. The second kappa shape index (κ2) is 6.91. The molecule has 8 nitrogen and oxygen atoms in total. The fourth-order valence-electron chi connectivity index (χ4n) is 9.05. The highest BCUT2D eigenvalue weighted by Gasteiger charge is 2.83. The fraction of sp³-hybridized carbons (Fsp3) is 0.792. The maximum Gasteiger partial charge on any atom is 0.397 e. The number of rotatable bonds is 3. The minimum atomic E-state index is -4.44. The Morgan fingerprint density at radius 3 is 2.58 bits per heavy atom. The summed E-state index contributed by atoms with van der Waals surface area (Å²) in [6.45, 7) is 4.57. The van der Waals surface area contributed by atoms with E-state index < -0.39 is 28.2 Å². The second-order valence-electron chi connectivity index (χ2n) is 11.6. The lowest BCUT2D eigenvalue weighted by Gasteiger charge is -2.61. The van der Waals surface area contributed by atoms with Crippen LogP contribution in [0.1, 0.15) is 70.3 Å². The van der Waals surface area contributed by atoms with Crippen LogP contribution < -0.4 is 5.63 Å². The zero-order chi connectivity index (χ0) is 23.4. The van der Waals surface area contributed by atoms with E-state index in [2.05, 4.69) is 13.8 Å². The molecular formula is C24H32O8S. The Bertz CT molecular complexity index is 1110. The van der Waals surface area contributed by atoms with Crippen LogP contribution in [-0.4, -0.2) is 42.0 Å². The molecule has 0 amide bonds. The smallest absolute Gasteiger partial charge is 0.397 e. The first-order valence-electron chi connectivity index (χ1n) is 12.1. The summed E-state index contributed by atoms with van der Waals surface area (Å²) in [5.74, 6) is 0.964. The van der Waals surface area contributed by atoms with Crippen molar-refractivity contribution < 1.29 is 31.4 Å². The third kappa shape index (κ3) is 2.95. The van der Waals surface area contributed by atoms with Crippen LogP contribution >= 0.6 is 0 Å². The van der Waals surface area contributed by atoms with E-state index in [1.54, 1.807) is 6.07 Å². The number of hydrogen-bond acceptors (Lipinski definition) is 7. The zero-order valence-electron chi connectivity index (χ0n) is 19.0. The van der Waals surface area contributed by atoms with Gasteiger partial charge in [0.1, 0.15) is 11.7 Å². The molecule has 10 atom stereocenters. The molecule has 2 N–H and O–H groups in total. The summed E-state index contributed by atoms with van der Waals surface area (Å²) in [4.78, 5) is 11.5. The number of hydrogen-bond donors (Lipinski definition) is 2. The van der Waals surface area contributed by atoms with Gasteiger partial charge in [-0.2, -0.15) is 8.42 Å². The van der Waals surface area contributed by atoms with Crippen LogP contribution in [-0.2, 0) is 19.3 Å². The molecule has 0 radical (unpaired) electrons. The summed E-state index contributed by atoms with van der Waals surface area (Å²) in [6, 6.07) is 3.21. The Labute approximate surface area is 193 Å². The molecule has 1 spiro atoms. The van der Waals surface area contributed by atoms with Crippen LogP contribution in [0.15, 0.2) is 27.6 Å². The molecule has 4 aliphatic carbocycles. The third-order valence-electron chi connectivity index (χ3n) is 10.4. The largest absolute Gasteiger partial charge is 0.431 e. The summed E-state index contributed by atoms with van der Waals surface area (Å²) < 4.78 is 48.1. The van der Waals surface area contributed by atoms with Gasteiger partial charge in [-0.3, -0.25) is 4.55 Å². The van der Waals surface area contributed by atoms with Gasteiger partial charge in [0.05, 0.1) is 18.5 Å². The van der Waals surface area contributed by atoms with Gasteiger partial charge in [0, 0.05) is 17.4 Å². The summed E-state index contributed by atoms with van der Waals surface area (Å²) in [6.07, 6.45) is 6.18. The van der Waals surface area contributed by atoms with Gasteiger partial charge in [-0.1, -0.05) is 13.8 Å². The molecule has 5 aliphatic rings. The Kier molecular flexibility index (Phi) is 4.65. The Balaban J connectivity index is 1.30. The molecule has 0 aromatic carbocycles. The highest BCUT2D eigenvalue weighted by atomic mass is 32.3. The van der Waals surface area contributed by atoms with Gasteiger partial charge in [-0.15, -0.1) is 0 Å². The number of epoxide rings is 1. The van der Waals surface area contributed by atoms with Crippen molar-refractivity contribution in [3.63, 3.8) is 0 Å². The van der Waals surface area contributed by atoms with Crippen LogP contribution in [0.5, 0.6) is 0 Å². The SMILES string of the molecule is CC12CCC(OS(=O)(=O)O)CC1CCC1C2CCC2(C)C(c3ccc(=O)oc3)C(O)C3OC132. The van der Waals surface area contributed by atoms with Gasteiger partial charge in [0.15, 0.2) is 0 Å². The Hall–Kier alpha value is -1.26. The van der Waals surface area contributed by atoms with Crippen molar-refractivity contribution in [2.75, 3.05) is 0 Å². The van der Waals surface area contributed by atoms with Crippen LogP contribution in [0.3, 0.4) is 0 Å². The molecule has 10 unspecified atom stereocenters. The molecule has 0 bridgehead atoms. The first kappa shape index (κ1) is 22.2. The molecular weight excluding hydrogens is 448 g/mol. The molecule has 182 valence electrons. The van der Waals surface area contributed by atoms with Gasteiger partial charge in [0.25, 0.3) is 0 Å². The minimum absolute atomic E-state index is 0.0527. The quantitative estimate of drug-likeness (QED) is 0.499. The van der Waals surface area contributed by atoms with E-state index in [0.29, 0.717) is 30.6 Å². The van der Waals surface area contributed by atoms with Gasteiger partial charge in [-0.05, 0) is 79.7 Å². The van der Waals surface area contributed by atoms with Crippen LogP contribution in [0.2, 0.25) is 0 Å². The normalized spacial score (nSPS) is 50.6. The molecule has 1 aromatic heterocycles. The van der Waals surface area contributed by atoms with E-state index in [1.165, 1.54) is 12.3 Å². The third-order valence-corrected chi connectivity index (χ3v) is 10.9. The summed E-state index contributed by atoms with van der Waals surface area (Å²) in [5, 5.41) is 11.3. The van der Waals surface area contributed by atoms with Crippen LogP contribution in [0.4, 0.5) is 0 Å². The van der Waals surface area contributed by atoms with Crippen molar-refractivity contribution in [1.82, 2.24) is 0 Å². The molecule has 33 heavy (non-hydrogen) atoms. The number of fused-ring (bicyclic) bond motifs is 3. The van der Waals surface area contributed by atoms with Crippen molar-refractivity contribution in [3.8, 4) is 0 Å². The minimum Gasteiger partial charge on any atom is -0.431 e. The van der Waals surface area contributed by atoms with Crippen molar-refractivity contribution in [2.45, 2.75) is 88.6 Å². The topological polar surface area (TPSA) is 127 Å². The van der Waals surface area contributed by atoms with Crippen molar-refractivity contribution in [3.05, 3.63) is 34.4 Å². The van der Waals surface area contributed by atoms with Crippen LogP contribution in [0.25, 0.3) is 0 Å². The molecule has 1 saturated heterocycles. The molecule has 5 fully saturated rings. The van der Waals surface area contributed by atoms with Gasteiger partial charge in [0.2, 0.25) is 0 Å². The predicted octanol–water partition coefficient (Wildman–Crippen LogP) is 3.06. The van der Waals surface area contributed by atoms with Crippen LogP contribution in [0, 0.1) is 28.6 Å². The molecule has 1 aliphatic heterocycles. The van der Waals surface area contributed by atoms with Gasteiger partial charge < -0.3 is 14.3 Å². The van der Waals surface area contributed by atoms with Gasteiger partial charge in [-0.25, -0.2) is 8.98 Å². The lowest BCUT2D eigenvalue weighted by molar-refractivity contribution is -0.141. The molecule has 9 heteroatoms. The maximum absolute atomic E-state index is 11.5. The fourth-order valence-corrected chi connectivity index (χ4v) is 9.57. The number of aliphatic hydroxyl groups excluding tert-OH is 1. The lowest BCUT2D eigenvalue weighted by atomic mass is 9.44. The average molecular weight is 481 g/mol. The van der Waals surface area contributed by atoms with E-state index >= 15 is 0 Å². The lowest BCUT2D eigenvalue weighted by Crippen LogP contribution is -2.58. The highest BCUT2D eigenvalue weighted by Crippen LogP contribution is 2.77. The monoisotopic (exact) mass is 480 g/mol. The van der Waals surface area contributed by atoms with Crippen molar-refractivity contribution in [1.29, 1.82) is 0 Å². The summed E-state index contributed by atoms with van der Waals surface area (Å²) in [7, 11) is -4.44. The van der Waals surface area contributed by atoms with E-state index in [-0.39, 0.29) is 28.5 Å².